The molecule has 3 atom stereocenters. The van der Waals surface area contributed by atoms with Crippen molar-refractivity contribution in [3.05, 3.63) is 0 Å². The van der Waals surface area contributed by atoms with Crippen LogP contribution >= 0.6 is 0 Å². The molecule has 12 heavy (non-hydrogen) atoms. The Morgan fingerprint density at radius 3 is 2.42 bits per heavy atom. The average Bonchev–Trinajstić information content (AvgIpc) is 2.76. The molecule has 0 amide bonds. The average molecular weight is 176 g/mol. The Hall–Kier alpha value is -0.190. The maximum absolute atomic E-state index is 13.8. The minimum Gasteiger partial charge on any atom is -0.394 e. The highest BCUT2D eigenvalue weighted by Crippen LogP contribution is 2.57. The van der Waals surface area contributed by atoms with Crippen LogP contribution in [0.2, 0.25) is 0 Å². The summed E-state index contributed by atoms with van der Waals surface area (Å²) in [5.74, 6) is 0. The maximum Gasteiger partial charge on any atom is 0.165 e. The molecule has 0 radical (unpaired) electrons. The van der Waals surface area contributed by atoms with Crippen LogP contribution in [0.5, 0.6) is 0 Å². The van der Waals surface area contributed by atoms with E-state index in [2.05, 4.69) is 0 Å². The molecule has 1 saturated carbocycles. The minimum absolute atomic E-state index is 0.317. The second kappa shape index (κ2) is 2.19. The lowest BCUT2D eigenvalue weighted by Gasteiger charge is -2.22. The molecule has 0 bridgehead atoms. The van der Waals surface area contributed by atoms with Crippen molar-refractivity contribution in [2.45, 2.75) is 43.2 Å². The summed E-state index contributed by atoms with van der Waals surface area (Å²) in [7, 11) is 0. The lowest BCUT2D eigenvalue weighted by Crippen LogP contribution is -2.42. The van der Waals surface area contributed by atoms with Crippen LogP contribution in [0.25, 0.3) is 0 Å². The summed E-state index contributed by atoms with van der Waals surface area (Å²) >= 11 is 0. The van der Waals surface area contributed by atoms with Gasteiger partial charge in [0.1, 0.15) is 17.8 Å². The molecule has 1 aliphatic carbocycles. The molecule has 1 heterocycles. The summed E-state index contributed by atoms with van der Waals surface area (Å²) in [4.78, 5) is 0. The highest BCUT2D eigenvalue weighted by atomic mass is 19.1. The zero-order valence-electron chi connectivity index (χ0n) is 6.96. The fourth-order valence-corrected chi connectivity index (χ4v) is 1.95. The first kappa shape index (κ1) is 8.41. The third-order valence-electron chi connectivity index (χ3n) is 3.06. The Labute approximate surface area is 70.1 Å². The third kappa shape index (κ3) is 0.802. The van der Waals surface area contributed by atoms with Crippen LogP contribution in [0, 0.1) is 0 Å². The van der Waals surface area contributed by atoms with Crippen molar-refractivity contribution in [3.63, 3.8) is 0 Å². The van der Waals surface area contributed by atoms with E-state index in [4.69, 9.17) is 9.84 Å². The predicted molar refractivity (Wildman–Crippen MR) is 39.4 cm³/mol. The number of alkyl halides is 1. The summed E-state index contributed by atoms with van der Waals surface area (Å²) < 4.78 is 19.1. The fraction of sp³-hybridized carbons (Fsp3) is 1.00. The van der Waals surface area contributed by atoms with Crippen molar-refractivity contribution in [2.75, 3.05) is 6.61 Å². The quantitative estimate of drug-likeness (QED) is 0.591. The van der Waals surface area contributed by atoms with Gasteiger partial charge in [0, 0.05) is 0 Å². The highest BCUT2D eigenvalue weighted by molar-refractivity contribution is 5.18. The topological polar surface area (TPSA) is 49.7 Å². The Balaban J connectivity index is 2.23. The van der Waals surface area contributed by atoms with Gasteiger partial charge in [-0.05, 0) is 19.8 Å². The normalized spacial score (nSPS) is 50.0. The van der Waals surface area contributed by atoms with Crippen LogP contribution < -0.4 is 0 Å². The molecule has 2 rings (SSSR count). The Bertz CT molecular complexity index is 200. The Morgan fingerprint density at radius 1 is 1.58 bits per heavy atom. The molecule has 0 unspecified atom stereocenters. The number of hydrogen-bond acceptors (Lipinski definition) is 3. The van der Waals surface area contributed by atoms with Gasteiger partial charge in [0.25, 0.3) is 0 Å². The van der Waals surface area contributed by atoms with Gasteiger partial charge in [0.15, 0.2) is 5.67 Å². The van der Waals surface area contributed by atoms with Crippen molar-refractivity contribution in [1.29, 1.82) is 0 Å². The second-order valence-electron chi connectivity index (χ2n) is 3.85. The van der Waals surface area contributed by atoms with E-state index in [0.717, 1.165) is 0 Å². The minimum atomic E-state index is -1.69. The molecule has 70 valence electrons. The molecule has 1 saturated heterocycles. The van der Waals surface area contributed by atoms with Crippen LogP contribution in [0.3, 0.4) is 0 Å². The molecule has 2 N–H and O–H groups in total. The molecule has 3 nitrogen and oxygen atoms in total. The van der Waals surface area contributed by atoms with Crippen LogP contribution in [0.4, 0.5) is 4.39 Å². The highest BCUT2D eigenvalue weighted by Gasteiger charge is 2.69. The smallest absolute Gasteiger partial charge is 0.165 e. The Morgan fingerprint density at radius 2 is 2.17 bits per heavy atom. The van der Waals surface area contributed by atoms with E-state index in [1.54, 1.807) is 0 Å². The standard InChI is InChI=1S/C8H13FO3/c1-7(9)6(11)5(4-10)12-8(7)2-3-8/h5-6,10-11H,2-4H2,1H3/t5-,6-,7-/m1/s1. The molecule has 0 aromatic heterocycles. The van der Waals surface area contributed by atoms with Crippen molar-refractivity contribution >= 4 is 0 Å². The third-order valence-corrected chi connectivity index (χ3v) is 3.06. The van der Waals surface area contributed by atoms with Gasteiger partial charge in [-0.25, -0.2) is 4.39 Å². The van der Waals surface area contributed by atoms with Gasteiger partial charge >= 0.3 is 0 Å². The molecule has 4 heteroatoms. The first-order valence-electron chi connectivity index (χ1n) is 4.19. The van der Waals surface area contributed by atoms with Crippen molar-refractivity contribution in [1.82, 2.24) is 0 Å². The number of rotatable bonds is 1. The number of aliphatic hydroxyl groups excluding tert-OH is 2. The van der Waals surface area contributed by atoms with Crippen molar-refractivity contribution in [2.24, 2.45) is 0 Å². The van der Waals surface area contributed by atoms with Crippen LogP contribution in [0.1, 0.15) is 19.8 Å². The number of hydrogen-bond donors (Lipinski definition) is 2. The Kier molecular flexibility index (Phi) is 1.53. The van der Waals surface area contributed by atoms with Crippen molar-refractivity contribution in [3.8, 4) is 0 Å². The SMILES string of the molecule is C[C@@]1(F)[C@H](O)[C@@H](CO)OC12CC2. The zero-order chi connectivity index (χ0) is 8.98. The molecule has 2 fully saturated rings. The summed E-state index contributed by atoms with van der Waals surface area (Å²) in [6.07, 6.45) is -0.645. The monoisotopic (exact) mass is 176 g/mol. The van der Waals surface area contributed by atoms with Gasteiger partial charge in [-0.15, -0.1) is 0 Å². The summed E-state index contributed by atoms with van der Waals surface area (Å²) in [6, 6.07) is 0. The van der Waals surface area contributed by atoms with Gasteiger partial charge in [0.2, 0.25) is 0 Å². The van der Waals surface area contributed by atoms with E-state index in [9.17, 15) is 9.50 Å². The summed E-state index contributed by atoms with van der Waals surface area (Å²) in [5.41, 5.74) is -2.49. The molecule has 0 aromatic carbocycles. The van der Waals surface area contributed by atoms with Crippen molar-refractivity contribution < 1.29 is 19.3 Å². The molecular weight excluding hydrogens is 163 g/mol. The number of halogens is 1. The molecule has 1 aliphatic heterocycles. The maximum atomic E-state index is 13.8. The predicted octanol–water partition coefficient (Wildman–Crippen LogP) is -0.000800. The first-order chi connectivity index (χ1) is 5.53. The summed E-state index contributed by atoms with van der Waals surface area (Å²) in [5, 5.41) is 18.2. The van der Waals surface area contributed by atoms with Gasteiger partial charge in [-0.2, -0.15) is 0 Å². The molecule has 1 spiro atoms. The number of ether oxygens (including phenoxy) is 1. The second-order valence-corrected chi connectivity index (χ2v) is 3.85. The molecular formula is C8H13FO3. The van der Waals surface area contributed by atoms with Crippen LogP contribution in [0.15, 0.2) is 0 Å². The van der Waals surface area contributed by atoms with E-state index in [1.165, 1.54) is 6.92 Å². The largest absolute Gasteiger partial charge is 0.394 e. The van der Waals surface area contributed by atoms with E-state index in [1.807, 2.05) is 0 Å². The van der Waals surface area contributed by atoms with Gasteiger partial charge in [-0.3, -0.25) is 0 Å². The molecule has 2 aliphatic rings. The molecule has 0 aromatic rings. The van der Waals surface area contributed by atoms with Gasteiger partial charge in [0.05, 0.1) is 6.61 Å². The van der Waals surface area contributed by atoms with Crippen LogP contribution in [-0.4, -0.2) is 40.3 Å². The van der Waals surface area contributed by atoms with Gasteiger partial charge in [-0.1, -0.05) is 0 Å². The lowest BCUT2D eigenvalue weighted by atomic mass is 9.93. The lowest BCUT2D eigenvalue weighted by molar-refractivity contribution is -0.0353. The zero-order valence-corrected chi connectivity index (χ0v) is 6.96. The van der Waals surface area contributed by atoms with E-state index >= 15 is 0 Å². The van der Waals surface area contributed by atoms with E-state index in [-0.39, 0.29) is 6.61 Å². The van der Waals surface area contributed by atoms with Gasteiger partial charge < -0.3 is 14.9 Å². The van der Waals surface area contributed by atoms with E-state index < -0.39 is 23.5 Å². The fourth-order valence-electron chi connectivity index (χ4n) is 1.95. The number of aliphatic hydroxyl groups is 2. The first-order valence-corrected chi connectivity index (χ1v) is 4.19. The summed E-state index contributed by atoms with van der Waals surface area (Å²) in [6.45, 7) is 1.03. The van der Waals surface area contributed by atoms with E-state index in [0.29, 0.717) is 12.8 Å². The van der Waals surface area contributed by atoms with Crippen LogP contribution in [-0.2, 0) is 4.74 Å².